The van der Waals surface area contributed by atoms with E-state index in [-0.39, 0.29) is 5.97 Å². The first-order chi connectivity index (χ1) is 9.31. The van der Waals surface area contributed by atoms with Crippen LogP contribution >= 0.6 is 0 Å². The molecule has 0 N–H and O–H groups in total. The molecular formula is C17H28O2. The molecule has 19 heavy (non-hydrogen) atoms. The molecule has 0 radical (unpaired) electrons. The molecule has 0 aliphatic carbocycles. The number of hydrogen-bond acceptors (Lipinski definition) is 2. The Balaban J connectivity index is 3.20. The monoisotopic (exact) mass is 264 g/mol. The zero-order valence-electron chi connectivity index (χ0n) is 12.3. The van der Waals surface area contributed by atoms with Gasteiger partial charge in [-0.2, -0.15) is 0 Å². The Kier molecular flexibility index (Phi) is 13.7. The predicted molar refractivity (Wildman–Crippen MR) is 82.0 cm³/mol. The van der Waals surface area contributed by atoms with Gasteiger partial charge in [-0.25, -0.2) is 0 Å². The fraction of sp³-hybridized carbons (Fsp3) is 0.588. The van der Waals surface area contributed by atoms with Crippen molar-refractivity contribution in [3.63, 3.8) is 0 Å². The van der Waals surface area contributed by atoms with Crippen LogP contribution in [-0.4, -0.2) is 13.1 Å². The molecule has 0 aliphatic heterocycles. The van der Waals surface area contributed by atoms with Gasteiger partial charge in [0.1, 0.15) is 0 Å². The highest BCUT2D eigenvalue weighted by atomic mass is 16.5. The molecule has 0 saturated heterocycles. The molecule has 0 spiro atoms. The van der Waals surface area contributed by atoms with Crippen molar-refractivity contribution in [3.8, 4) is 0 Å². The molecule has 0 unspecified atom stereocenters. The summed E-state index contributed by atoms with van der Waals surface area (Å²) in [6.07, 6.45) is 20.2. The van der Waals surface area contributed by atoms with Gasteiger partial charge in [-0.3, -0.25) is 4.79 Å². The van der Waals surface area contributed by atoms with Gasteiger partial charge in [0.15, 0.2) is 0 Å². The van der Waals surface area contributed by atoms with Gasteiger partial charge >= 0.3 is 5.97 Å². The van der Waals surface area contributed by atoms with Crippen LogP contribution in [0.1, 0.15) is 57.8 Å². The Morgan fingerprint density at radius 2 is 1.58 bits per heavy atom. The Labute approximate surface area is 118 Å². The van der Waals surface area contributed by atoms with Crippen LogP contribution in [0, 0.1) is 0 Å². The number of allylic oxidation sites excluding steroid dienone is 5. The minimum atomic E-state index is -0.0903. The van der Waals surface area contributed by atoms with E-state index in [4.69, 9.17) is 0 Å². The average molecular weight is 264 g/mol. The van der Waals surface area contributed by atoms with E-state index in [1.54, 1.807) is 0 Å². The Hall–Kier alpha value is -1.31. The molecule has 2 heteroatoms. The summed E-state index contributed by atoms with van der Waals surface area (Å²) < 4.78 is 4.60. The predicted octanol–water partition coefficient (Wildman–Crippen LogP) is 4.97. The standard InChI is InChI=1S/C17H28O2/c1-3-4-5-6-7-8-9-10-11-12-13-14-15-16-17(18)19-2/h3,5-6,8-9H,1,4,7,10-16H2,2H3. The molecule has 0 fully saturated rings. The van der Waals surface area contributed by atoms with Gasteiger partial charge in [0.2, 0.25) is 0 Å². The Bertz CT molecular complexity index is 277. The van der Waals surface area contributed by atoms with Crippen LogP contribution in [0.5, 0.6) is 0 Å². The van der Waals surface area contributed by atoms with E-state index in [1.165, 1.54) is 26.4 Å². The minimum absolute atomic E-state index is 0.0903. The molecule has 0 rings (SSSR count). The fourth-order valence-electron chi connectivity index (χ4n) is 1.75. The highest BCUT2D eigenvalue weighted by Gasteiger charge is 1.98. The molecule has 0 aliphatic rings. The van der Waals surface area contributed by atoms with Crippen molar-refractivity contribution in [2.45, 2.75) is 57.8 Å². The number of carbonyl (C=O) groups is 1. The second-order valence-electron chi connectivity index (χ2n) is 4.59. The van der Waals surface area contributed by atoms with Crippen molar-refractivity contribution in [3.05, 3.63) is 37.0 Å². The zero-order valence-corrected chi connectivity index (χ0v) is 12.3. The lowest BCUT2D eigenvalue weighted by Gasteiger charge is -1.99. The van der Waals surface area contributed by atoms with E-state index in [0.29, 0.717) is 6.42 Å². The molecule has 0 saturated carbocycles. The van der Waals surface area contributed by atoms with E-state index in [9.17, 15) is 4.79 Å². The number of unbranched alkanes of at least 4 members (excludes halogenated alkanes) is 5. The van der Waals surface area contributed by atoms with Gasteiger partial charge in [-0.1, -0.05) is 49.6 Å². The fourth-order valence-corrected chi connectivity index (χ4v) is 1.75. The number of rotatable bonds is 12. The number of ether oxygens (including phenoxy) is 1. The van der Waals surface area contributed by atoms with Gasteiger partial charge < -0.3 is 4.74 Å². The maximum absolute atomic E-state index is 10.9. The lowest BCUT2D eigenvalue weighted by Crippen LogP contribution is -1.98. The Morgan fingerprint density at radius 3 is 2.32 bits per heavy atom. The second kappa shape index (κ2) is 14.7. The molecule has 2 nitrogen and oxygen atoms in total. The maximum Gasteiger partial charge on any atom is 0.305 e. The van der Waals surface area contributed by atoms with Crippen LogP contribution in [0.3, 0.4) is 0 Å². The molecule has 0 amide bonds. The first-order valence-corrected chi connectivity index (χ1v) is 7.29. The number of methoxy groups -OCH3 is 1. The lowest BCUT2D eigenvalue weighted by atomic mass is 10.1. The summed E-state index contributed by atoms with van der Waals surface area (Å²) in [6.45, 7) is 3.67. The van der Waals surface area contributed by atoms with Gasteiger partial charge in [-0.05, 0) is 32.1 Å². The highest BCUT2D eigenvalue weighted by Crippen LogP contribution is 2.08. The SMILES string of the molecule is C=CCC=CCC=CCCCCCCCC(=O)OC. The second-order valence-corrected chi connectivity index (χ2v) is 4.59. The molecular weight excluding hydrogens is 236 g/mol. The number of hydrogen-bond donors (Lipinski definition) is 0. The van der Waals surface area contributed by atoms with Gasteiger partial charge in [0.05, 0.1) is 7.11 Å². The van der Waals surface area contributed by atoms with Crippen molar-refractivity contribution in [1.82, 2.24) is 0 Å². The molecule has 0 atom stereocenters. The van der Waals surface area contributed by atoms with Crippen molar-refractivity contribution < 1.29 is 9.53 Å². The summed E-state index contributed by atoms with van der Waals surface area (Å²) in [6, 6.07) is 0. The molecule has 0 heterocycles. The van der Waals surface area contributed by atoms with Crippen molar-refractivity contribution in [2.24, 2.45) is 0 Å². The highest BCUT2D eigenvalue weighted by molar-refractivity contribution is 5.68. The van der Waals surface area contributed by atoms with Gasteiger partial charge in [0.25, 0.3) is 0 Å². The summed E-state index contributed by atoms with van der Waals surface area (Å²) in [7, 11) is 1.45. The van der Waals surface area contributed by atoms with E-state index >= 15 is 0 Å². The molecule has 0 aromatic carbocycles. The third kappa shape index (κ3) is 14.6. The van der Waals surface area contributed by atoms with Crippen LogP contribution in [0.2, 0.25) is 0 Å². The first-order valence-electron chi connectivity index (χ1n) is 7.29. The Morgan fingerprint density at radius 1 is 0.947 bits per heavy atom. The van der Waals surface area contributed by atoms with Crippen LogP contribution in [0.25, 0.3) is 0 Å². The van der Waals surface area contributed by atoms with Crippen LogP contribution in [0.4, 0.5) is 0 Å². The molecule has 108 valence electrons. The first kappa shape index (κ1) is 17.7. The summed E-state index contributed by atoms with van der Waals surface area (Å²) in [4.78, 5) is 10.9. The van der Waals surface area contributed by atoms with Gasteiger partial charge in [0, 0.05) is 6.42 Å². The zero-order chi connectivity index (χ0) is 14.2. The van der Waals surface area contributed by atoms with Crippen molar-refractivity contribution >= 4 is 5.97 Å². The summed E-state index contributed by atoms with van der Waals surface area (Å²) in [5.41, 5.74) is 0. The van der Waals surface area contributed by atoms with Crippen molar-refractivity contribution in [2.75, 3.05) is 7.11 Å². The van der Waals surface area contributed by atoms with Gasteiger partial charge in [-0.15, -0.1) is 6.58 Å². The summed E-state index contributed by atoms with van der Waals surface area (Å²) in [5, 5.41) is 0. The van der Waals surface area contributed by atoms with E-state index in [2.05, 4.69) is 35.6 Å². The van der Waals surface area contributed by atoms with E-state index < -0.39 is 0 Å². The average Bonchev–Trinajstić information content (AvgIpc) is 2.43. The summed E-state index contributed by atoms with van der Waals surface area (Å²) >= 11 is 0. The van der Waals surface area contributed by atoms with Crippen molar-refractivity contribution in [1.29, 1.82) is 0 Å². The smallest absolute Gasteiger partial charge is 0.305 e. The van der Waals surface area contributed by atoms with E-state index in [0.717, 1.165) is 32.1 Å². The molecule has 0 aromatic heterocycles. The van der Waals surface area contributed by atoms with Crippen LogP contribution in [-0.2, 0) is 9.53 Å². The molecule has 0 aromatic rings. The van der Waals surface area contributed by atoms with Crippen LogP contribution in [0.15, 0.2) is 37.0 Å². The lowest BCUT2D eigenvalue weighted by molar-refractivity contribution is -0.140. The number of esters is 1. The molecule has 0 bridgehead atoms. The summed E-state index contributed by atoms with van der Waals surface area (Å²) in [5.74, 6) is -0.0903. The van der Waals surface area contributed by atoms with Crippen LogP contribution < -0.4 is 0 Å². The quantitative estimate of drug-likeness (QED) is 0.282. The largest absolute Gasteiger partial charge is 0.469 e. The minimum Gasteiger partial charge on any atom is -0.469 e. The third-order valence-electron chi connectivity index (χ3n) is 2.89. The maximum atomic E-state index is 10.9. The number of carbonyl (C=O) groups excluding carboxylic acids is 1. The normalized spacial score (nSPS) is 11.2. The van der Waals surface area contributed by atoms with E-state index in [1.807, 2.05) is 6.08 Å². The topological polar surface area (TPSA) is 26.3 Å². The third-order valence-corrected chi connectivity index (χ3v) is 2.89.